The zero-order chi connectivity index (χ0) is 8.69. The Labute approximate surface area is 69.3 Å². The molecule has 11 heavy (non-hydrogen) atoms. The first-order chi connectivity index (χ1) is 5.29. The number of aliphatic hydroxyl groups excluding tert-OH is 1. The van der Waals surface area contributed by atoms with Crippen molar-refractivity contribution in [1.82, 2.24) is 5.32 Å². The highest BCUT2D eigenvalue weighted by Crippen LogP contribution is 2.10. The fraction of sp³-hybridized carbons (Fsp3) is 0.778. The van der Waals surface area contributed by atoms with Crippen LogP contribution in [0.5, 0.6) is 0 Å². The van der Waals surface area contributed by atoms with Crippen LogP contribution in [0, 0.1) is 5.92 Å². The van der Waals surface area contributed by atoms with Crippen LogP contribution in [0.1, 0.15) is 19.8 Å². The van der Waals surface area contributed by atoms with E-state index >= 15 is 0 Å². The van der Waals surface area contributed by atoms with Gasteiger partial charge < -0.3 is 10.4 Å². The summed E-state index contributed by atoms with van der Waals surface area (Å²) in [4.78, 5) is 0. The maximum absolute atomic E-state index is 8.98. The monoisotopic (exact) mass is 157 g/mol. The van der Waals surface area contributed by atoms with Crippen LogP contribution in [-0.2, 0) is 0 Å². The molecule has 0 rings (SSSR count). The maximum atomic E-state index is 8.98. The topological polar surface area (TPSA) is 32.3 Å². The van der Waals surface area contributed by atoms with Crippen molar-refractivity contribution in [3.8, 4) is 0 Å². The normalized spacial score (nSPS) is 15.9. The van der Waals surface area contributed by atoms with Gasteiger partial charge in [-0.25, -0.2) is 0 Å². The quantitative estimate of drug-likeness (QED) is 0.567. The minimum Gasteiger partial charge on any atom is -0.396 e. The summed E-state index contributed by atoms with van der Waals surface area (Å²) in [5.41, 5.74) is 0. The molecule has 0 saturated carbocycles. The van der Waals surface area contributed by atoms with Crippen LogP contribution >= 0.6 is 0 Å². The third-order valence-corrected chi connectivity index (χ3v) is 2.12. The lowest BCUT2D eigenvalue weighted by Crippen LogP contribution is -2.34. The Morgan fingerprint density at radius 1 is 1.64 bits per heavy atom. The fourth-order valence-corrected chi connectivity index (χ4v) is 1.27. The molecule has 2 unspecified atom stereocenters. The maximum Gasteiger partial charge on any atom is 0.0474 e. The summed E-state index contributed by atoms with van der Waals surface area (Å²) < 4.78 is 0. The number of hydrogen-bond acceptors (Lipinski definition) is 2. The van der Waals surface area contributed by atoms with Crippen molar-refractivity contribution in [3.63, 3.8) is 0 Å². The lowest BCUT2D eigenvalue weighted by molar-refractivity contribution is 0.189. The van der Waals surface area contributed by atoms with Gasteiger partial charge >= 0.3 is 0 Å². The van der Waals surface area contributed by atoms with E-state index in [4.69, 9.17) is 5.11 Å². The first kappa shape index (κ1) is 10.7. The molecule has 2 N–H and O–H groups in total. The van der Waals surface area contributed by atoms with Crippen molar-refractivity contribution in [3.05, 3.63) is 12.7 Å². The van der Waals surface area contributed by atoms with Gasteiger partial charge in [0.25, 0.3) is 0 Å². The third kappa shape index (κ3) is 3.54. The van der Waals surface area contributed by atoms with Crippen molar-refractivity contribution >= 4 is 0 Å². The van der Waals surface area contributed by atoms with E-state index in [0.717, 1.165) is 12.8 Å². The van der Waals surface area contributed by atoms with Crippen LogP contribution in [0.4, 0.5) is 0 Å². The summed E-state index contributed by atoms with van der Waals surface area (Å²) in [7, 11) is 1.92. The summed E-state index contributed by atoms with van der Waals surface area (Å²) in [6.07, 6.45) is 3.82. The molecule has 2 heteroatoms. The average Bonchev–Trinajstić information content (AvgIpc) is 2.05. The minimum absolute atomic E-state index is 0.260. The molecule has 0 aliphatic heterocycles. The minimum atomic E-state index is 0.260. The van der Waals surface area contributed by atoms with Crippen LogP contribution in [0.15, 0.2) is 12.7 Å². The van der Waals surface area contributed by atoms with Crippen LogP contribution in [0.25, 0.3) is 0 Å². The molecule has 2 nitrogen and oxygen atoms in total. The molecule has 2 atom stereocenters. The van der Waals surface area contributed by atoms with E-state index in [9.17, 15) is 0 Å². The molecular weight excluding hydrogens is 138 g/mol. The number of hydrogen-bond donors (Lipinski definition) is 2. The van der Waals surface area contributed by atoms with Gasteiger partial charge in [-0.2, -0.15) is 0 Å². The fourth-order valence-electron chi connectivity index (χ4n) is 1.27. The number of rotatable bonds is 6. The van der Waals surface area contributed by atoms with Crippen molar-refractivity contribution in [2.45, 2.75) is 25.8 Å². The largest absolute Gasteiger partial charge is 0.396 e. The second-order valence-corrected chi connectivity index (χ2v) is 2.77. The zero-order valence-electron chi connectivity index (χ0n) is 7.51. The molecule has 0 amide bonds. The molecule has 0 bridgehead atoms. The van der Waals surface area contributed by atoms with Crippen LogP contribution in [0.3, 0.4) is 0 Å². The van der Waals surface area contributed by atoms with Crippen LogP contribution < -0.4 is 5.32 Å². The Kier molecular flexibility index (Phi) is 6.18. The molecule has 0 aliphatic carbocycles. The second kappa shape index (κ2) is 6.38. The van der Waals surface area contributed by atoms with Crippen LogP contribution in [-0.4, -0.2) is 24.8 Å². The van der Waals surface area contributed by atoms with E-state index in [1.54, 1.807) is 0 Å². The molecule has 0 aliphatic rings. The van der Waals surface area contributed by atoms with E-state index < -0.39 is 0 Å². The summed E-state index contributed by atoms with van der Waals surface area (Å²) in [5.74, 6) is 0.359. The number of nitrogens with one attached hydrogen (secondary N) is 1. The van der Waals surface area contributed by atoms with Gasteiger partial charge in [0.05, 0.1) is 0 Å². The predicted molar refractivity (Wildman–Crippen MR) is 48.5 cm³/mol. The SMILES string of the molecule is C=CCC(NC)C(CC)CO. The Bertz CT molecular complexity index is 99.7. The lowest BCUT2D eigenvalue weighted by Gasteiger charge is -2.22. The third-order valence-electron chi connectivity index (χ3n) is 2.12. The van der Waals surface area contributed by atoms with Crippen molar-refractivity contribution in [2.75, 3.05) is 13.7 Å². The van der Waals surface area contributed by atoms with E-state index in [1.807, 2.05) is 13.1 Å². The van der Waals surface area contributed by atoms with Crippen molar-refractivity contribution in [1.29, 1.82) is 0 Å². The Morgan fingerprint density at radius 2 is 2.27 bits per heavy atom. The van der Waals surface area contributed by atoms with Gasteiger partial charge in [0, 0.05) is 12.6 Å². The van der Waals surface area contributed by atoms with Gasteiger partial charge in [-0.05, 0) is 25.8 Å². The average molecular weight is 157 g/mol. The summed E-state index contributed by atoms with van der Waals surface area (Å²) in [6, 6.07) is 0.377. The van der Waals surface area contributed by atoms with Crippen molar-refractivity contribution < 1.29 is 5.11 Å². The van der Waals surface area contributed by atoms with E-state index in [-0.39, 0.29) is 6.61 Å². The van der Waals surface area contributed by atoms with Gasteiger partial charge in [0.2, 0.25) is 0 Å². The lowest BCUT2D eigenvalue weighted by atomic mass is 9.95. The molecule has 0 aromatic carbocycles. The molecule has 0 aromatic rings. The predicted octanol–water partition coefficient (Wildman–Crippen LogP) is 1.17. The second-order valence-electron chi connectivity index (χ2n) is 2.77. The molecule has 0 radical (unpaired) electrons. The molecule has 0 heterocycles. The van der Waals surface area contributed by atoms with Gasteiger partial charge in [-0.1, -0.05) is 13.0 Å². The van der Waals surface area contributed by atoms with Gasteiger partial charge in [0.15, 0.2) is 0 Å². The van der Waals surface area contributed by atoms with E-state index in [0.29, 0.717) is 12.0 Å². The smallest absolute Gasteiger partial charge is 0.0474 e. The molecule has 66 valence electrons. The molecular formula is C9H19NO. The Hall–Kier alpha value is -0.340. The highest BCUT2D eigenvalue weighted by Gasteiger charge is 2.15. The van der Waals surface area contributed by atoms with E-state index in [1.165, 1.54) is 0 Å². The van der Waals surface area contributed by atoms with Gasteiger partial charge in [-0.3, -0.25) is 0 Å². The van der Waals surface area contributed by atoms with Gasteiger partial charge in [0.1, 0.15) is 0 Å². The zero-order valence-corrected chi connectivity index (χ0v) is 7.51. The Morgan fingerprint density at radius 3 is 2.55 bits per heavy atom. The van der Waals surface area contributed by atoms with E-state index in [2.05, 4.69) is 18.8 Å². The molecule has 0 fully saturated rings. The van der Waals surface area contributed by atoms with Crippen molar-refractivity contribution in [2.24, 2.45) is 5.92 Å². The first-order valence-electron chi connectivity index (χ1n) is 4.19. The standard InChI is InChI=1S/C9H19NO/c1-4-6-9(10-3)8(5-2)7-11/h4,8-11H,1,5-7H2,2-3H3. The summed E-state index contributed by atoms with van der Waals surface area (Å²) >= 11 is 0. The van der Waals surface area contributed by atoms with Crippen LogP contribution in [0.2, 0.25) is 0 Å². The summed E-state index contributed by atoms with van der Waals surface area (Å²) in [5, 5.41) is 12.2. The van der Waals surface area contributed by atoms with Gasteiger partial charge in [-0.15, -0.1) is 6.58 Å². The molecule has 0 spiro atoms. The highest BCUT2D eigenvalue weighted by atomic mass is 16.3. The number of aliphatic hydroxyl groups is 1. The summed E-state index contributed by atoms with van der Waals surface area (Å²) in [6.45, 7) is 6.03. The molecule has 0 aromatic heterocycles. The first-order valence-corrected chi connectivity index (χ1v) is 4.19. The molecule has 0 saturated heterocycles. The highest BCUT2D eigenvalue weighted by molar-refractivity contribution is 4.81. The Balaban J connectivity index is 3.85.